The molecule has 0 fully saturated rings. The van der Waals surface area contributed by atoms with E-state index in [4.69, 9.17) is 5.26 Å². The summed E-state index contributed by atoms with van der Waals surface area (Å²) in [4.78, 5) is 4.20. The number of rotatable bonds is 3. The van der Waals surface area contributed by atoms with Crippen molar-refractivity contribution in [2.75, 3.05) is 0 Å². The zero-order chi connectivity index (χ0) is 12.3. The first kappa shape index (κ1) is 11.4. The maximum Gasteiger partial charge on any atom is 0.0952 e. The van der Waals surface area contributed by atoms with Gasteiger partial charge in [0.1, 0.15) is 0 Å². The molecule has 0 aliphatic carbocycles. The quantitative estimate of drug-likeness (QED) is 0.806. The molecule has 1 aromatic heterocycles. The molecule has 2 rings (SSSR count). The number of aromatic nitrogens is 2. The Morgan fingerprint density at radius 1 is 1.47 bits per heavy atom. The summed E-state index contributed by atoms with van der Waals surface area (Å²) in [6.07, 6.45) is 3.84. The SMILES string of the molecule is Cc1cn(Cc2cccc(C(C)C#N)c2)cn1. The van der Waals surface area contributed by atoms with Gasteiger partial charge in [-0.15, -0.1) is 0 Å². The van der Waals surface area contributed by atoms with Gasteiger partial charge < -0.3 is 4.57 Å². The summed E-state index contributed by atoms with van der Waals surface area (Å²) >= 11 is 0. The van der Waals surface area contributed by atoms with Gasteiger partial charge in [0.2, 0.25) is 0 Å². The highest BCUT2D eigenvalue weighted by Crippen LogP contribution is 2.16. The third-order valence-corrected chi connectivity index (χ3v) is 2.77. The summed E-state index contributed by atoms with van der Waals surface area (Å²) < 4.78 is 2.05. The Labute approximate surface area is 101 Å². The molecule has 1 heterocycles. The summed E-state index contributed by atoms with van der Waals surface area (Å²) in [5.41, 5.74) is 3.29. The molecule has 2 aromatic rings. The monoisotopic (exact) mass is 225 g/mol. The van der Waals surface area contributed by atoms with Gasteiger partial charge in [0.15, 0.2) is 0 Å². The largest absolute Gasteiger partial charge is 0.333 e. The molecule has 0 spiro atoms. The molecule has 0 N–H and O–H groups in total. The third kappa shape index (κ3) is 2.73. The van der Waals surface area contributed by atoms with E-state index in [2.05, 4.69) is 23.2 Å². The van der Waals surface area contributed by atoms with Crippen molar-refractivity contribution in [2.24, 2.45) is 0 Å². The molecule has 1 atom stereocenters. The van der Waals surface area contributed by atoms with E-state index in [1.165, 1.54) is 5.56 Å². The highest BCUT2D eigenvalue weighted by atomic mass is 15.0. The van der Waals surface area contributed by atoms with Crippen LogP contribution in [0.4, 0.5) is 0 Å². The van der Waals surface area contributed by atoms with Gasteiger partial charge in [-0.05, 0) is 25.0 Å². The van der Waals surface area contributed by atoms with E-state index in [1.807, 2.05) is 43.1 Å². The smallest absolute Gasteiger partial charge is 0.0952 e. The molecule has 3 heteroatoms. The van der Waals surface area contributed by atoms with Crippen molar-refractivity contribution in [3.8, 4) is 6.07 Å². The second-order valence-electron chi connectivity index (χ2n) is 4.28. The van der Waals surface area contributed by atoms with Crippen LogP contribution < -0.4 is 0 Å². The normalized spacial score (nSPS) is 12.1. The van der Waals surface area contributed by atoms with Crippen LogP contribution >= 0.6 is 0 Å². The number of hydrogen-bond donors (Lipinski definition) is 0. The fourth-order valence-corrected chi connectivity index (χ4v) is 1.80. The molecule has 3 nitrogen and oxygen atoms in total. The van der Waals surface area contributed by atoms with Crippen molar-refractivity contribution in [1.29, 1.82) is 5.26 Å². The second kappa shape index (κ2) is 4.84. The average Bonchev–Trinajstić information content (AvgIpc) is 2.74. The van der Waals surface area contributed by atoms with Gasteiger partial charge >= 0.3 is 0 Å². The molecule has 0 aliphatic rings. The number of hydrogen-bond acceptors (Lipinski definition) is 2. The lowest BCUT2D eigenvalue weighted by Crippen LogP contribution is -1.98. The van der Waals surface area contributed by atoms with Crippen LogP contribution in [0.15, 0.2) is 36.8 Å². The van der Waals surface area contributed by atoms with Crippen molar-refractivity contribution in [2.45, 2.75) is 26.3 Å². The molecule has 1 aromatic carbocycles. The Hall–Kier alpha value is -2.08. The predicted molar refractivity (Wildman–Crippen MR) is 66.5 cm³/mol. The van der Waals surface area contributed by atoms with Crippen LogP contribution in [-0.4, -0.2) is 9.55 Å². The molecule has 17 heavy (non-hydrogen) atoms. The van der Waals surface area contributed by atoms with Crippen molar-refractivity contribution < 1.29 is 0 Å². The number of nitrogens with zero attached hydrogens (tertiary/aromatic N) is 3. The number of aryl methyl sites for hydroxylation is 1. The Morgan fingerprint density at radius 2 is 2.29 bits per heavy atom. The van der Waals surface area contributed by atoms with Crippen LogP contribution in [0.2, 0.25) is 0 Å². The van der Waals surface area contributed by atoms with Crippen LogP contribution in [0.25, 0.3) is 0 Å². The summed E-state index contributed by atoms with van der Waals surface area (Å²) in [7, 11) is 0. The minimum absolute atomic E-state index is 0.0560. The average molecular weight is 225 g/mol. The van der Waals surface area contributed by atoms with Crippen molar-refractivity contribution >= 4 is 0 Å². The first-order chi connectivity index (χ1) is 8.19. The molecule has 0 radical (unpaired) electrons. The lowest BCUT2D eigenvalue weighted by Gasteiger charge is -2.07. The summed E-state index contributed by atoms with van der Waals surface area (Å²) in [5, 5.41) is 8.91. The van der Waals surface area contributed by atoms with E-state index < -0.39 is 0 Å². The fourth-order valence-electron chi connectivity index (χ4n) is 1.80. The summed E-state index contributed by atoms with van der Waals surface area (Å²) in [5.74, 6) is -0.0560. The van der Waals surface area contributed by atoms with E-state index in [-0.39, 0.29) is 5.92 Å². The minimum atomic E-state index is -0.0560. The Balaban J connectivity index is 2.20. The van der Waals surface area contributed by atoms with Gasteiger partial charge in [-0.2, -0.15) is 5.26 Å². The summed E-state index contributed by atoms with van der Waals surface area (Å²) in [6.45, 7) is 4.69. The molecule has 0 saturated heterocycles. The van der Waals surface area contributed by atoms with Gasteiger partial charge in [-0.3, -0.25) is 0 Å². The molecule has 0 amide bonds. The molecule has 0 saturated carbocycles. The van der Waals surface area contributed by atoms with Gasteiger partial charge in [0.05, 0.1) is 24.0 Å². The van der Waals surface area contributed by atoms with Gasteiger partial charge in [0, 0.05) is 12.7 Å². The van der Waals surface area contributed by atoms with Crippen LogP contribution in [0.5, 0.6) is 0 Å². The summed E-state index contributed by atoms with van der Waals surface area (Å²) in [6, 6.07) is 10.4. The maximum absolute atomic E-state index is 8.91. The lowest BCUT2D eigenvalue weighted by molar-refractivity contribution is 0.794. The number of imidazole rings is 1. The van der Waals surface area contributed by atoms with Crippen molar-refractivity contribution in [3.05, 3.63) is 53.6 Å². The first-order valence-corrected chi connectivity index (χ1v) is 5.66. The van der Waals surface area contributed by atoms with E-state index in [9.17, 15) is 0 Å². The number of benzene rings is 1. The topological polar surface area (TPSA) is 41.6 Å². The van der Waals surface area contributed by atoms with Crippen LogP contribution in [-0.2, 0) is 6.54 Å². The van der Waals surface area contributed by atoms with E-state index >= 15 is 0 Å². The molecular formula is C14H15N3. The van der Waals surface area contributed by atoms with Gasteiger partial charge in [0.25, 0.3) is 0 Å². The zero-order valence-corrected chi connectivity index (χ0v) is 10.1. The Bertz CT molecular complexity index is 549. The predicted octanol–water partition coefficient (Wildman–Crippen LogP) is 2.87. The molecule has 86 valence electrons. The van der Waals surface area contributed by atoms with E-state index in [0.717, 1.165) is 17.8 Å². The van der Waals surface area contributed by atoms with E-state index in [1.54, 1.807) is 0 Å². The molecule has 0 bridgehead atoms. The third-order valence-electron chi connectivity index (χ3n) is 2.77. The molecule has 1 unspecified atom stereocenters. The second-order valence-corrected chi connectivity index (χ2v) is 4.28. The van der Waals surface area contributed by atoms with Crippen LogP contribution in [0, 0.1) is 18.3 Å². The highest BCUT2D eigenvalue weighted by molar-refractivity contribution is 5.29. The standard InChI is InChI=1S/C14H15N3/c1-11(7-15)14-5-3-4-13(6-14)9-17-8-12(2)16-10-17/h3-6,8,10-11H,9H2,1-2H3. The first-order valence-electron chi connectivity index (χ1n) is 5.66. The van der Waals surface area contributed by atoms with Crippen molar-refractivity contribution in [3.63, 3.8) is 0 Å². The minimum Gasteiger partial charge on any atom is -0.333 e. The molecule has 0 aliphatic heterocycles. The van der Waals surface area contributed by atoms with Gasteiger partial charge in [-0.25, -0.2) is 4.98 Å². The lowest BCUT2D eigenvalue weighted by atomic mass is 10.0. The highest BCUT2D eigenvalue weighted by Gasteiger charge is 2.04. The fraction of sp³-hybridized carbons (Fsp3) is 0.286. The van der Waals surface area contributed by atoms with E-state index in [0.29, 0.717) is 0 Å². The number of nitriles is 1. The molecular weight excluding hydrogens is 210 g/mol. The maximum atomic E-state index is 8.91. The Morgan fingerprint density at radius 3 is 2.94 bits per heavy atom. The van der Waals surface area contributed by atoms with Gasteiger partial charge in [-0.1, -0.05) is 24.3 Å². The Kier molecular flexibility index (Phi) is 3.24. The van der Waals surface area contributed by atoms with Crippen LogP contribution in [0.3, 0.4) is 0 Å². The van der Waals surface area contributed by atoms with Crippen molar-refractivity contribution in [1.82, 2.24) is 9.55 Å². The zero-order valence-electron chi connectivity index (χ0n) is 10.1. The van der Waals surface area contributed by atoms with Crippen LogP contribution in [0.1, 0.15) is 29.7 Å².